The second-order valence-electron chi connectivity index (χ2n) is 3.66. The molecule has 1 atom stereocenters. The first kappa shape index (κ1) is 12.0. The Bertz CT molecular complexity index is 449. The van der Waals surface area contributed by atoms with Gasteiger partial charge in [0.1, 0.15) is 6.04 Å². The van der Waals surface area contributed by atoms with Crippen molar-refractivity contribution in [2.75, 3.05) is 13.2 Å². The van der Waals surface area contributed by atoms with Gasteiger partial charge < -0.3 is 20.3 Å². The number of aliphatic carboxylic acids is 1. The predicted octanol–water partition coefficient (Wildman–Crippen LogP) is 1.59. The number of hydrogen-bond donors (Lipinski definition) is 2. The number of halogens is 1. The second kappa shape index (κ2) is 4.81. The van der Waals surface area contributed by atoms with Crippen LogP contribution in [0.25, 0.3) is 0 Å². The molecule has 0 saturated heterocycles. The Kier molecular flexibility index (Phi) is 3.40. The highest BCUT2D eigenvalue weighted by Gasteiger charge is 2.25. The minimum absolute atomic E-state index is 0.338. The number of benzene rings is 1. The summed E-state index contributed by atoms with van der Waals surface area (Å²) in [6.45, 7) is 0.936. The van der Waals surface area contributed by atoms with Crippen molar-refractivity contribution < 1.29 is 19.4 Å². The molecule has 0 aliphatic carbocycles. The molecular formula is C11H12ClNO4. The number of hydrogen-bond acceptors (Lipinski definition) is 4. The van der Waals surface area contributed by atoms with Crippen molar-refractivity contribution in [1.29, 1.82) is 0 Å². The van der Waals surface area contributed by atoms with Crippen molar-refractivity contribution in [1.82, 2.24) is 0 Å². The number of carboxylic acids is 1. The lowest BCUT2D eigenvalue weighted by Gasteiger charge is -2.16. The zero-order chi connectivity index (χ0) is 12.4. The smallest absolute Gasteiger partial charge is 0.325 e. The van der Waals surface area contributed by atoms with E-state index in [-0.39, 0.29) is 0 Å². The summed E-state index contributed by atoms with van der Waals surface area (Å²) in [6.07, 6.45) is 0.715. The molecule has 0 spiro atoms. The SMILES string of the molecule is NC(C(=O)O)c1ccc(Cl)c2c1OCCCO2. The highest BCUT2D eigenvalue weighted by molar-refractivity contribution is 6.32. The molecule has 5 nitrogen and oxygen atoms in total. The lowest BCUT2D eigenvalue weighted by Crippen LogP contribution is -2.21. The van der Waals surface area contributed by atoms with Crippen molar-refractivity contribution in [2.24, 2.45) is 5.73 Å². The van der Waals surface area contributed by atoms with Gasteiger partial charge in [0.05, 0.1) is 18.2 Å². The quantitative estimate of drug-likeness (QED) is 0.841. The van der Waals surface area contributed by atoms with Crippen LogP contribution in [0.1, 0.15) is 18.0 Å². The topological polar surface area (TPSA) is 81.8 Å². The van der Waals surface area contributed by atoms with Crippen LogP contribution in [-0.2, 0) is 4.79 Å². The molecule has 1 unspecified atom stereocenters. The first-order chi connectivity index (χ1) is 8.11. The maximum absolute atomic E-state index is 10.9. The van der Waals surface area contributed by atoms with E-state index < -0.39 is 12.0 Å². The van der Waals surface area contributed by atoms with Gasteiger partial charge in [-0.15, -0.1) is 0 Å². The average molecular weight is 258 g/mol. The summed E-state index contributed by atoms with van der Waals surface area (Å²) in [6, 6.07) is 1.96. The summed E-state index contributed by atoms with van der Waals surface area (Å²) in [5.41, 5.74) is 5.96. The van der Waals surface area contributed by atoms with E-state index in [1.165, 1.54) is 0 Å². The molecule has 0 bridgehead atoms. The third-order valence-electron chi connectivity index (χ3n) is 2.48. The van der Waals surface area contributed by atoms with E-state index in [1.54, 1.807) is 12.1 Å². The Morgan fingerprint density at radius 3 is 2.65 bits per heavy atom. The number of carbonyl (C=O) groups is 1. The van der Waals surface area contributed by atoms with Crippen molar-refractivity contribution in [3.8, 4) is 11.5 Å². The summed E-state index contributed by atoms with van der Waals surface area (Å²) < 4.78 is 10.9. The molecular weight excluding hydrogens is 246 g/mol. The molecule has 1 heterocycles. The van der Waals surface area contributed by atoms with E-state index >= 15 is 0 Å². The zero-order valence-corrected chi connectivity index (χ0v) is 9.74. The Balaban J connectivity index is 2.50. The molecule has 1 aromatic carbocycles. The van der Waals surface area contributed by atoms with E-state index in [9.17, 15) is 4.79 Å². The number of carboxylic acid groups (broad SMARTS) is 1. The summed E-state index contributed by atoms with van der Waals surface area (Å²) in [5.74, 6) is -0.411. The second-order valence-corrected chi connectivity index (χ2v) is 4.07. The highest BCUT2D eigenvalue weighted by atomic mass is 35.5. The lowest BCUT2D eigenvalue weighted by atomic mass is 10.1. The van der Waals surface area contributed by atoms with Crippen LogP contribution in [-0.4, -0.2) is 24.3 Å². The van der Waals surface area contributed by atoms with Gasteiger partial charge in [0.2, 0.25) is 0 Å². The van der Waals surface area contributed by atoms with Crippen LogP contribution >= 0.6 is 11.6 Å². The van der Waals surface area contributed by atoms with Crippen LogP contribution in [0.2, 0.25) is 5.02 Å². The molecule has 6 heteroatoms. The third kappa shape index (κ3) is 2.30. The molecule has 0 saturated carbocycles. The van der Waals surface area contributed by atoms with Crippen LogP contribution in [0.3, 0.4) is 0 Å². The minimum Gasteiger partial charge on any atom is -0.489 e. The largest absolute Gasteiger partial charge is 0.489 e. The highest BCUT2D eigenvalue weighted by Crippen LogP contribution is 2.41. The van der Waals surface area contributed by atoms with Gasteiger partial charge in [-0.25, -0.2) is 0 Å². The molecule has 3 N–H and O–H groups in total. The summed E-state index contributed by atoms with van der Waals surface area (Å²) in [7, 11) is 0. The summed E-state index contributed by atoms with van der Waals surface area (Å²) in [5, 5.41) is 9.31. The molecule has 0 aromatic heterocycles. The van der Waals surface area contributed by atoms with Crippen LogP contribution in [0.15, 0.2) is 12.1 Å². The van der Waals surface area contributed by atoms with Crippen molar-refractivity contribution in [3.63, 3.8) is 0 Å². The van der Waals surface area contributed by atoms with Gasteiger partial charge in [0, 0.05) is 12.0 Å². The molecule has 0 fully saturated rings. The Hall–Kier alpha value is -1.46. The van der Waals surface area contributed by atoms with Gasteiger partial charge in [-0.1, -0.05) is 17.7 Å². The van der Waals surface area contributed by atoms with Crippen molar-refractivity contribution >= 4 is 17.6 Å². The average Bonchev–Trinajstić information content (AvgIpc) is 2.54. The van der Waals surface area contributed by atoms with Gasteiger partial charge in [-0.05, 0) is 6.07 Å². The van der Waals surface area contributed by atoms with Gasteiger partial charge in [0.15, 0.2) is 11.5 Å². The fourth-order valence-electron chi connectivity index (χ4n) is 1.62. The van der Waals surface area contributed by atoms with E-state index in [4.69, 9.17) is 31.9 Å². The maximum atomic E-state index is 10.9. The van der Waals surface area contributed by atoms with Crippen LogP contribution in [0.4, 0.5) is 0 Å². The fourth-order valence-corrected chi connectivity index (χ4v) is 1.83. The molecule has 0 amide bonds. The Morgan fingerprint density at radius 1 is 1.35 bits per heavy atom. The maximum Gasteiger partial charge on any atom is 0.325 e. The standard InChI is InChI=1S/C11H12ClNO4/c12-7-3-2-6(8(13)11(14)15)9-10(7)17-5-1-4-16-9/h2-3,8H,1,4-5,13H2,(H,14,15). The Labute approximate surface area is 103 Å². The molecule has 2 rings (SSSR count). The first-order valence-corrected chi connectivity index (χ1v) is 5.55. The van der Waals surface area contributed by atoms with Crippen LogP contribution < -0.4 is 15.2 Å². The van der Waals surface area contributed by atoms with Gasteiger partial charge in [-0.2, -0.15) is 0 Å². The van der Waals surface area contributed by atoms with Crippen molar-refractivity contribution in [2.45, 2.75) is 12.5 Å². The first-order valence-electron chi connectivity index (χ1n) is 5.17. The third-order valence-corrected chi connectivity index (χ3v) is 2.77. The number of ether oxygens (including phenoxy) is 2. The van der Waals surface area contributed by atoms with Crippen LogP contribution in [0, 0.1) is 0 Å². The Morgan fingerprint density at radius 2 is 2.00 bits per heavy atom. The van der Waals surface area contributed by atoms with Crippen molar-refractivity contribution in [3.05, 3.63) is 22.7 Å². The van der Waals surface area contributed by atoms with E-state index in [2.05, 4.69) is 0 Å². The number of fused-ring (bicyclic) bond motifs is 1. The molecule has 92 valence electrons. The predicted molar refractivity (Wildman–Crippen MR) is 61.6 cm³/mol. The monoisotopic (exact) mass is 257 g/mol. The molecule has 0 radical (unpaired) electrons. The number of rotatable bonds is 2. The van der Waals surface area contributed by atoms with E-state index in [0.717, 1.165) is 0 Å². The fraction of sp³-hybridized carbons (Fsp3) is 0.364. The minimum atomic E-state index is -1.15. The summed E-state index contributed by atoms with van der Waals surface area (Å²) >= 11 is 5.98. The van der Waals surface area contributed by atoms with E-state index in [0.29, 0.717) is 41.7 Å². The van der Waals surface area contributed by atoms with Crippen LogP contribution in [0.5, 0.6) is 11.5 Å². The van der Waals surface area contributed by atoms with Gasteiger partial charge in [0.25, 0.3) is 0 Å². The number of nitrogens with two attached hydrogens (primary N) is 1. The van der Waals surface area contributed by atoms with Gasteiger partial charge >= 0.3 is 5.97 Å². The van der Waals surface area contributed by atoms with E-state index in [1.807, 2.05) is 0 Å². The summed E-state index contributed by atoms with van der Waals surface area (Å²) in [4.78, 5) is 10.9. The molecule has 1 aliphatic rings. The normalized spacial score (nSPS) is 16.1. The molecule has 1 aromatic rings. The molecule has 1 aliphatic heterocycles. The van der Waals surface area contributed by atoms with Gasteiger partial charge in [-0.3, -0.25) is 4.79 Å². The zero-order valence-electron chi connectivity index (χ0n) is 8.98. The molecule has 17 heavy (non-hydrogen) atoms. The lowest BCUT2D eigenvalue weighted by molar-refractivity contribution is -0.138.